The summed E-state index contributed by atoms with van der Waals surface area (Å²) in [5.41, 5.74) is 2.79. The van der Waals surface area contributed by atoms with E-state index in [-0.39, 0.29) is 0 Å². The maximum Gasteiger partial charge on any atom is 0.0622 e. The van der Waals surface area contributed by atoms with E-state index in [4.69, 9.17) is 4.74 Å². The van der Waals surface area contributed by atoms with Crippen LogP contribution in [0.25, 0.3) is 0 Å². The van der Waals surface area contributed by atoms with Crippen LogP contribution in [0.2, 0.25) is 0 Å². The second kappa shape index (κ2) is 7.63. The SMILES string of the molecule is CCNCc1cccc(CN2CCOCC2CC)c1. The number of benzene rings is 1. The molecule has 1 aromatic carbocycles. The third-order valence-corrected chi connectivity index (χ3v) is 3.78. The molecular weight excluding hydrogens is 236 g/mol. The van der Waals surface area contributed by atoms with Crippen LogP contribution in [0.5, 0.6) is 0 Å². The van der Waals surface area contributed by atoms with E-state index in [1.807, 2.05) is 0 Å². The van der Waals surface area contributed by atoms with Crippen molar-refractivity contribution >= 4 is 0 Å². The molecular formula is C16H26N2O. The van der Waals surface area contributed by atoms with E-state index in [0.29, 0.717) is 6.04 Å². The second-order valence-electron chi connectivity index (χ2n) is 5.21. The Labute approximate surface area is 116 Å². The Morgan fingerprint density at radius 2 is 2.16 bits per heavy atom. The van der Waals surface area contributed by atoms with Gasteiger partial charge in [0.2, 0.25) is 0 Å². The van der Waals surface area contributed by atoms with Crippen LogP contribution in [0.1, 0.15) is 31.4 Å². The predicted molar refractivity (Wildman–Crippen MR) is 79.1 cm³/mol. The van der Waals surface area contributed by atoms with Crippen LogP contribution in [0, 0.1) is 0 Å². The van der Waals surface area contributed by atoms with Gasteiger partial charge in [-0.15, -0.1) is 0 Å². The van der Waals surface area contributed by atoms with Gasteiger partial charge in [-0.3, -0.25) is 4.90 Å². The molecule has 2 rings (SSSR count). The summed E-state index contributed by atoms with van der Waals surface area (Å²) in [7, 11) is 0. The largest absolute Gasteiger partial charge is 0.378 e. The normalized spacial score (nSPS) is 20.6. The monoisotopic (exact) mass is 262 g/mol. The van der Waals surface area contributed by atoms with Gasteiger partial charge in [-0.05, 0) is 24.1 Å². The fourth-order valence-corrected chi connectivity index (χ4v) is 2.62. The van der Waals surface area contributed by atoms with Crippen LogP contribution < -0.4 is 5.32 Å². The minimum atomic E-state index is 0.575. The van der Waals surface area contributed by atoms with E-state index in [0.717, 1.165) is 45.8 Å². The van der Waals surface area contributed by atoms with Gasteiger partial charge < -0.3 is 10.1 Å². The van der Waals surface area contributed by atoms with Gasteiger partial charge in [-0.2, -0.15) is 0 Å². The molecule has 1 unspecified atom stereocenters. The highest BCUT2D eigenvalue weighted by atomic mass is 16.5. The first kappa shape index (κ1) is 14.5. The third kappa shape index (κ3) is 4.30. The summed E-state index contributed by atoms with van der Waals surface area (Å²) in [6, 6.07) is 9.50. The van der Waals surface area contributed by atoms with Crippen molar-refractivity contribution in [1.29, 1.82) is 0 Å². The third-order valence-electron chi connectivity index (χ3n) is 3.78. The number of nitrogens with one attached hydrogen (secondary N) is 1. The fourth-order valence-electron chi connectivity index (χ4n) is 2.62. The van der Waals surface area contributed by atoms with Gasteiger partial charge in [-0.1, -0.05) is 38.1 Å². The fraction of sp³-hybridized carbons (Fsp3) is 0.625. The molecule has 1 saturated heterocycles. The minimum Gasteiger partial charge on any atom is -0.378 e. The van der Waals surface area contributed by atoms with Crippen molar-refractivity contribution in [2.24, 2.45) is 0 Å². The summed E-state index contributed by atoms with van der Waals surface area (Å²) in [5.74, 6) is 0. The van der Waals surface area contributed by atoms with Crippen LogP contribution in [-0.4, -0.2) is 37.2 Å². The number of ether oxygens (including phenoxy) is 1. The second-order valence-corrected chi connectivity index (χ2v) is 5.21. The van der Waals surface area contributed by atoms with Crippen molar-refractivity contribution in [2.75, 3.05) is 26.3 Å². The van der Waals surface area contributed by atoms with E-state index >= 15 is 0 Å². The number of rotatable bonds is 6. The van der Waals surface area contributed by atoms with Gasteiger partial charge in [0.25, 0.3) is 0 Å². The molecule has 0 radical (unpaired) electrons. The van der Waals surface area contributed by atoms with E-state index in [2.05, 4.69) is 48.3 Å². The van der Waals surface area contributed by atoms with E-state index < -0.39 is 0 Å². The molecule has 0 aromatic heterocycles. The lowest BCUT2D eigenvalue weighted by Crippen LogP contribution is -2.44. The zero-order chi connectivity index (χ0) is 13.5. The molecule has 19 heavy (non-hydrogen) atoms. The molecule has 0 amide bonds. The molecule has 1 aliphatic heterocycles. The zero-order valence-electron chi connectivity index (χ0n) is 12.2. The van der Waals surface area contributed by atoms with Crippen molar-refractivity contribution in [3.05, 3.63) is 35.4 Å². The molecule has 1 aliphatic rings. The van der Waals surface area contributed by atoms with Gasteiger partial charge >= 0.3 is 0 Å². The predicted octanol–water partition coefficient (Wildman–Crippen LogP) is 2.41. The van der Waals surface area contributed by atoms with Crippen molar-refractivity contribution in [3.63, 3.8) is 0 Å². The van der Waals surface area contributed by atoms with Gasteiger partial charge in [0, 0.05) is 25.7 Å². The molecule has 106 valence electrons. The van der Waals surface area contributed by atoms with Crippen LogP contribution in [0.3, 0.4) is 0 Å². The Hall–Kier alpha value is -0.900. The molecule has 0 spiro atoms. The molecule has 3 heteroatoms. The zero-order valence-corrected chi connectivity index (χ0v) is 12.2. The van der Waals surface area contributed by atoms with Gasteiger partial charge in [0.15, 0.2) is 0 Å². The van der Waals surface area contributed by atoms with E-state index in [1.165, 1.54) is 11.1 Å². The number of nitrogens with zero attached hydrogens (tertiary/aromatic N) is 1. The first-order chi connectivity index (χ1) is 9.33. The highest BCUT2D eigenvalue weighted by Gasteiger charge is 2.21. The van der Waals surface area contributed by atoms with E-state index in [1.54, 1.807) is 0 Å². The van der Waals surface area contributed by atoms with Gasteiger partial charge in [-0.25, -0.2) is 0 Å². The lowest BCUT2D eigenvalue weighted by molar-refractivity contribution is -0.0127. The molecule has 1 heterocycles. The summed E-state index contributed by atoms with van der Waals surface area (Å²) in [4.78, 5) is 2.55. The quantitative estimate of drug-likeness (QED) is 0.852. The Morgan fingerprint density at radius 1 is 1.32 bits per heavy atom. The minimum absolute atomic E-state index is 0.575. The van der Waals surface area contributed by atoms with E-state index in [9.17, 15) is 0 Å². The summed E-state index contributed by atoms with van der Waals surface area (Å²) in [5, 5.41) is 3.38. The highest BCUT2D eigenvalue weighted by Crippen LogP contribution is 2.15. The first-order valence-electron chi connectivity index (χ1n) is 7.43. The summed E-state index contributed by atoms with van der Waals surface area (Å²) >= 11 is 0. The number of morpholine rings is 1. The molecule has 3 nitrogen and oxygen atoms in total. The van der Waals surface area contributed by atoms with Gasteiger partial charge in [0.1, 0.15) is 0 Å². The van der Waals surface area contributed by atoms with Crippen molar-refractivity contribution < 1.29 is 4.74 Å². The average molecular weight is 262 g/mol. The number of hydrogen-bond acceptors (Lipinski definition) is 3. The lowest BCUT2D eigenvalue weighted by Gasteiger charge is -2.35. The molecule has 1 atom stereocenters. The van der Waals surface area contributed by atoms with Crippen molar-refractivity contribution in [1.82, 2.24) is 10.2 Å². The summed E-state index contributed by atoms with van der Waals surface area (Å²) < 4.78 is 5.57. The molecule has 1 fully saturated rings. The van der Waals surface area contributed by atoms with Crippen LogP contribution in [-0.2, 0) is 17.8 Å². The van der Waals surface area contributed by atoms with Gasteiger partial charge in [0.05, 0.1) is 13.2 Å². The number of hydrogen-bond donors (Lipinski definition) is 1. The lowest BCUT2D eigenvalue weighted by atomic mass is 10.1. The standard InChI is InChI=1S/C16H26N2O/c1-3-16-13-19-9-8-18(16)12-15-7-5-6-14(10-15)11-17-4-2/h5-7,10,16-17H,3-4,8-9,11-13H2,1-2H3. The Bertz CT molecular complexity index is 381. The maximum absolute atomic E-state index is 5.57. The smallest absolute Gasteiger partial charge is 0.0622 e. The average Bonchev–Trinajstić information content (AvgIpc) is 2.46. The molecule has 0 bridgehead atoms. The van der Waals surface area contributed by atoms with Crippen molar-refractivity contribution in [3.8, 4) is 0 Å². The summed E-state index contributed by atoms with van der Waals surface area (Å²) in [6.45, 7) is 10.2. The topological polar surface area (TPSA) is 24.5 Å². The Kier molecular flexibility index (Phi) is 5.83. The molecule has 1 aromatic rings. The Morgan fingerprint density at radius 3 is 2.95 bits per heavy atom. The molecule has 0 saturated carbocycles. The van der Waals surface area contributed by atoms with Crippen molar-refractivity contribution in [2.45, 2.75) is 39.4 Å². The Balaban J connectivity index is 1.97. The van der Waals surface area contributed by atoms with Crippen LogP contribution >= 0.6 is 0 Å². The van der Waals surface area contributed by atoms with Crippen LogP contribution in [0.15, 0.2) is 24.3 Å². The molecule has 1 N–H and O–H groups in total. The van der Waals surface area contributed by atoms with Crippen LogP contribution in [0.4, 0.5) is 0 Å². The molecule has 0 aliphatic carbocycles. The summed E-state index contributed by atoms with van der Waals surface area (Å²) in [6.07, 6.45) is 1.16. The maximum atomic E-state index is 5.57. The highest BCUT2D eigenvalue weighted by molar-refractivity contribution is 5.23. The first-order valence-corrected chi connectivity index (χ1v) is 7.43.